The Morgan fingerprint density at radius 3 is 2.70 bits per heavy atom. The number of rotatable bonds is 5. The van der Waals surface area contributed by atoms with Crippen LogP contribution in [0.15, 0.2) is 12.1 Å². The second kappa shape index (κ2) is 8.70. The molecule has 164 valence electrons. The van der Waals surface area contributed by atoms with E-state index in [1.807, 2.05) is 19.1 Å². The van der Waals surface area contributed by atoms with Crippen LogP contribution in [0.2, 0.25) is 5.02 Å². The Hall–Kier alpha value is -1.26. The van der Waals surface area contributed by atoms with Crippen LogP contribution >= 0.6 is 22.9 Å². The third-order valence-electron chi connectivity index (χ3n) is 5.92. The lowest BCUT2D eigenvalue weighted by Gasteiger charge is -2.33. The highest BCUT2D eigenvalue weighted by Gasteiger charge is 2.34. The van der Waals surface area contributed by atoms with E-state index in [4.69, 9.17) is 21.3 Å². The van der Waals surface area contributed by atoms with E-state index in [1.54, 1.807) is 4.90 Å². The molecule has 2 fully saturated rings. The second-order valence-corrected chi connectivity index (χ2v) is 11.4. The zero-order valence-corrected chi connectivity index (χ0v) is 19.5. The average molecular weight is 472 g/mol. The summed E-state index contributed by atoms with van der Waals surface area (Å²) >= 11 is 7.74. The van der Waals surface area contributed by atoms with E-state index in [1.165, 1.54) is 21.9 Å². The third-order valence-corrected chi connectivity index (χ3v) is 8.67. The number of hydrogen-bond acceptors (Lipinski definition) is 6. The predicted octanol–water partition coefficient (Wildman–Crippen LogP) is 3.44. The van der Waals surface area contributed by atoms with Gasteiger partial charge in [-0.3, -0.25) is 9.69 Å². The van der Waals surface area contributed by atoms with E-state index >= 15 is 0 Å². The number of anilines is 1. The number of hydrogen-bond donors (Lipinski definition) is 0. The minimum Gasteiger partial charge on any atom is -0.376 e. The Labute approximate surface area is 186 Å². The van der Waals surface area contributed by atoms with Crippen molar-refractivity contribution in [3.05, 3.63) is 22.7 Å². The molecule has 0 bridgehead atoms. The fraction of sp³-hybridized carbons (Fsp3) is 0.600. The number of piperidine rings is 1. The first-order valence-electron chi connectivity index (χ1n) is 10.2. The van der Waals surface area contributed by atoms with Crippen molar-refractivity contribution in [2.24, 2.45) is 5.92 Å². The summed E-state index contributed by atoms with van der Waals surface area (Å²) in [5.41, 5.74) is 1.72. The van der Waals surface area contributed by atoms with E-state index < -0.39 is 10.0 Å². The maximum absolute atomic E-state index is 13.5. The summed E-state index contributed by atoms with van der Waals surface area (Å²) < 4.78 is 31.8. The maximum atomic E-state index is 13.5. The molecule has 2 saturated heterocycles. The van der Waals surface area contributed by atoms with Crippen molar-refractivity contribution in [2.75, 3.05) is 37.4 Å². The van der Waals surface area contributed by atoms with E-state index in [2.05, 4.69) is 0 Å². The standard InChI is InChI=1S/C20H26ClN3O4S2/c1-13-16(21)5-6-17-18(13)22-20(29-17)24(12-15-4-3-11-28-15)19(25)14-7-9-23(10-8-14)30(2,26)27/h5-6,14-15H,3-4,7-12H2,1-2H3. The number of amides is 1. The van der Waals surface area contributed by atoms with Gasteiger partial charge in [0.25, 0.3) is 0 Å². The Kier molecular flexibility index (Phi) is 6.37. The topological polar surface area (TPSA) is 79.8 Å². The lowest BCUT2D eigenvalue weighted by Crippen LogP contribution is -2.46. The molecule has 1 atom stereocenters. The van der Waals surface area contributed by atoms with Crippen molar-refractivity contribution in [1.82, 2.24) is 9.29 Å². The van der Waals surface area contributed by atoms with Gasteiger partial charge in [0.2, 0.25) is 15.9 Å². The molecule has 2 aliphatic rings. The number of fused-ring (bicyclic) bond motifs is 1. The van der Waals surface area contributed by atoms with Crippen LogP contribution in [-0.4, -0.2) is 62.2 Å². The zero-order valence-electron chi connectivity index (χ0n) is 17.1. The van der Waals surface area contributed by atoms with Gasteiger partial charge in [-0.05, 0) is 50.3 Å². The van der Waals surface area contributed by atoms with E-state index in [0.29, 0.717) is 49.2 Å². The SMILES string of the molecule is Cc1c(Cl)ccc2sc(N(CC3CCCO3)C(=O)C3CCN(S(C)(=O)=O)CC3)nc12. The van der Waals surface area contributed by atoms with Crippen LogP contribution < -0.4 is 4.90 Å². The number of halogens is 1. The van der Waals surface area contributed by atoms with E-state index in [0.717, 1.165) is 28.6 Å². The van der Waals surface area contributed by atoms with Crippen LogP contribution in [-0.2, 0) is 19.6 Å². The van der Waals surface area contributed by atoms with Gasteiger partial charge in [-0.1, -0.05) is 22.9 Å². The number of aromatic nitrogens is 1. The molecule has 0 radical (unpaired) electrons. The lowest BCUT2D eigenvalue weighted by atomic mass is 9.96. The van der Waals surface area contributed by atoms with Gasteiger partial charge >= 0.3 is 0 Å². The van der Waals surface area contributed by atoms with E-state index in [9.17, 15) is 13.2 Å². The molecule has 3 heterocycles. The molecule has 1 aromatic heterocycles. The minimum absolute atomic E-state index is 0.00135. The van der Waals surface area contributed by atoms with Crippen molar-refractivity contribution in [3.63, 3.8) is 0 Å². The molecule has 0 spiro atoms. The predicted molar refractivity (Wildman–Crippen MR) is 120 cm³/mol. The minimum atomic E-state index is -3.23. The summed E-state index contributed by atoms with van der Waals surface area (Å²) in [6.07, 6.45) is 4.17. The van der Waals surface area contributed by atoms with Gasteiger partial charge in [-0.15, -0.1) is 0 Å². The largest absolute Gasteiger partial charge is 0.376 e. The number of aryl methyl sites for hydroxylation is 1. The normalized spacial score (nSPS) is 21.4. The van der Waals surface area contributed by atoms with Crippen LogP contribution in [0.1, 0.15) is 31.2 Å². The molecule has 1 unspecified atom stereocenters. The molecule has 1 aromatic carbocycles. The van der Waals surface area contributed by atoms with Crippen molar-refractivity contribution in [3.8, 4) is 0 Å². The number of thiazole rings is 1. The molecule has 2 aliphatic heterocycles. The summed E-state index contributed by atoms with van der Waals surface area (Å²) in [7, 11) is -3.23. The van der Waals surface area contributed by atoms with Gasteiger partial charge in [-0.25, -0.2) is 17.7 Å². The number of carbonyl (C=O) groups excluding carboxylic acids is 1. The molecule has 1 amide bonds. The molecule has 0 saturated carbocycles. The number of sulfonamides is 1. The Bertz CT molecular complexity index is 1040. The van der Waals surface area contributed by atoms with Crippen LogP contribution in [0.5, 0.6) is 0 Å². The summed E-state index contributed by atoms with van der Waals surface area (Å²) in [6, 6.07) is 3.79. The molecule has 0 N–H and O–H groups in total. The van der Waals surface area contributed by atoms with Gasteiger partial charge < -0.3 is 4.74 Å². The first-order chi connectivity index (χ1) is 14.2. The molecule has 10 heteroatoms. The fourth-order valence-electron chi connectivity index (χ4n) is 4.11. The average Bonchev–Trinajstić information content (AvgIpc) is 3.38. The smallest absolute Gasteiger partial charge is 0.232 e. The van der Waals surface area contributed by atoms with Crippen molar-refractivity contribution < 1.29 is 17.9 Å². The first-order valence-corrected chi connectivity index (χ1v) is 13.2. The van der Waals surface area contributed by atoms with E-state index in [-0.39, 0.29) is 17.9 Å². The molecule has 4 rings (SSSR count). The summed E-state index contributed by atoms with van der Waals surface area (Å²) in [5.74, 6) is -0.220. The van der Waals surface area contributed by atoms with Gasteiger partial charge in [0.15, 0.2) is 5.13 Å². The molecule has 7 nitrogen and oxygen atoms in total. The number of benzene rings is 1. The molecular weight excluding hydrogens is 446 g/mol. The fourth-order valence-corrected chi connectivity index (χ4v) is 6.18. The van der Waals surface area contributed by atoms with Gasteiger partial charge in [0.05, 0.1) is 29.1 Å². The molecule has 30 heavy (non-hydrogen) atoms. The summed E-state index contributed by atoms with van der Waals surface area (Å²) in [4.78, 5) is 20.0. The summed E-state index contributed by atoms with van der Waals surface area (Å²) in [6.45, 7) is 3.86. The summed E-state index contributed by atoms with van der Waals surface area (Å²) in [5, 5.41) is 1.31. The molecular formula is C20H26ClN3O4S2. The molecule has 0 aliphatic carbocycles. The van der Waals surface area contributed by atoms with Crippen LogP contribution in [0, 0.1) is 12.8 Å². The maximum Gasteiger partial charge on any atom is 0.232 e. The first kappa shape index (κ1) is 22.0. The highest BCUT2D eigenvalue weighted by Crippen LogP contribution is 2.35. The Morgan fingerprint density at radius 1 is 1.33 bits per heavy atom. The third kappa shape index (κ3) is 4.50. The van der Waals surface area contributed by atoms with Crippen LogP contribution in [0.25, 0.3) is 10.2 Å². The van der Waals surface area contributed by atoms with Gasteiger partial charge in [-0.2, -0.15) is 0 Å². The van der Waals surface area contributed by atoms with Crippen molar-refractivity contribution in [2.45, 2.75) is 38.7 Å². The lowest BCUT2D eigenvalue weighted by molar-refractivity contribution is -0.123. The van der Waals surface area contributed by atoms with Crippen LogP contribution in [0.4, 0.5) is 5.13 Å². The van der Waals surface area contributed by atoms with Crippen molar-refractivity contribution in [1.29, 1.82) is 0 Å². The van der Waals surface area contributed by atoms with Gasteiger partial charge in [0.1, 0.15) is 0 Å². The second-order valence-electron chi connectivity index (χ2n) is 8.04. The zero-order chi connectivity index (χ0) is 21.5. The molecule has 2 aromatic rings. The quantitative estimate of drug-likeness (QED) is 0.667. The number of carbonyl (C=O) groups is 1. The Balaban J connectivity index is 1.60. The Morgan fingerprint density at radius 2 is 2.07 bits per heavy atom. The highest BCUT2D eigenvalue weighted by molar-refractivity contribution is 7.88. The van der Waals surface area contributed by atoms with Crippen LogP contribution in [0.3, 0.4) is 0 Å². The number of ether oxygens (including phenoxy) is 1. The van der Waals surface area contributed by atoms with Crippen molar-refractivity contribution >= 4 is 54.2 Å². The van der Waals surface area contributed by atoms with Gasteiger partial charge in [0, 0.05) is 30.6 Å². The highest BCUT2D eigenvalue weighted by atomic mass is 35.5. The number of nitrogens with zero attached hydrogens (tertiary/aromatic N) is 3. The monoisotopic (exact) mass is 471 g/mol.